The zero-order valence-electron chi connectivity index (χ0n) is 22.0. The van der Waals surface area contributed by atoms with Crippen molar-refractivity contribution in [1.82, 2.24) is 29.2 Å². The molecule has 9 nitrogen and oxygen atoms in total. The normalized spacial score (nSPS) is 14.9. The molecule has 2 aromatic carbocycles. The first-order chi connectivity index (χ1) is 18.7. The molecule has 2 aromatic heterocycles. The lowest BCUT2D eigenvalue weighted by atomic mass is 10.1. The van der Waals surface area contributed by atoms with Gasteiger partial charge in [0, 0.05) is 69.4 Å². The minimum absolute atomic E-state index is 0.0364. The van der Waals surface area contributed by atoms with E-state index >= 15 is 0 Å². The molecule has 1 aliphatic heterocycles. The number of rotatable bonds is 6. The van der Waals surface area contributed by atoms with Crippen molar-refractivity contribution in [3.8, 4) is 17.1 Å². The molecule has 5 rings (SSSR count). The van der Waals surface area contributed by atoms with Crippen LogP contribution in [0.3, 0.4) is 0 Å². The Kier molecular flexibility index (Phi) is 7.65. The molecule has 0 saturated carbocycles. The third kappa shape index (κ3) is 5.51. The molecule has 202 valence electrons. The summed E-state index contributed by atoms with van der Waals surface area (Å²) in [5, 5.41) is 0.737. The maximum Gasteiger partial charge on any atom is 0.254 e. The Labute approximate surface area is 229 Å². The fraction of sp³-hybridized carbons (Fsp3) is 0.286. The Morgan fingerprint density at radius 1 is 1.05 bits per heavy atom. The van der Waals surface area contributed by atoms with Gasteiger partial charge in [0.25, 0.3) is 5.91 Å². The first-order valence-electron chi connectivity index (χ1n) is 12.5. The van der Waals surface area contributed by atoms with E-state index in [1.807, 2.05) is 4.90 Å². The van der Waals surface area contributed by atoms with Crippen LogP contribution in [-0.2, 0) is 16.0 Å². The van der Waals surface area contributed by atoms with E-state index in [2.05, 4.69) is 9.97 Å². The third-order valence-corrected chi connectivity index (χ3v) is 7.83. The molecule has 1 atom stereocenters. The maximum absolute atomic E-state index is 14.2. The van der Waals surface area contributed by atoms with Crippen LogP contribution in [0.5, 0.6) is 0 Å². The van der Waals surface area contributed by atoms with Gasteiger partial charge in [0.2, 0.25) is 11.9 Å². The van der Waals surface area contributed by atoms with Crippen molar-refractivity contribution < 1.29 is 18.5 Å². The zero-order valence-corrected chi connectivity index (χ0v) is 22.8. The first-order valence-corrected chi connectivity index (χ1v) is 14.1. The second-order valence-corrected chi connectivity index (χ2v) is 11.0. The number of aromatic nitrogens is 3. The van der Waals surface area contributed by atoms with Crippen molar-refractivity contribution in [3.63, 3.8) is 0 Å². The molecule has 1 aliphatic rings. The molecular formula is C28H29FN6O3S. The summed E-state index contributed by atoms with van der Waals surface area (Å²) in [6.45, 7) is 2.60. The van der Waals surface area contributed by atoms with E-state index in [1.54, 1.807) is 89.7 Å². The van der Waals surface area contributed by atoms with Crippen molar-refractivity contribution in [2.45, 2.75) is 4.90 Å². The van der Waals surface area contributed by atoms with E-state index in [0.717, 1.165) is 5.39 Å². The van der Waals surface area contributed by atoms with Crippen LogP contribution < -0.4 is 0 Å². The van der Waals surface area contributed by atoms with E-state index in [0.29, 0.717) is 65.8 Å². The van der Waals surface area contributed by atoms with Gasteiger partial charge in [-0.1, -0.05) is 18.2 Å². The Morgan fingerprint density at radius 3 is 2.38 bits per heavy atom. The molecule has 1 unspecified atom stereocenters. The van der Waals surface area contributed by atoms with Gasteiger partial charge in [-0.05, 0) is 35.4 Å². The van der Waals surface area contributed by atoms with Crippen LogP contribution in [-0.4, -0.2) is 98.7 Å². The summed E-state index contributed by atoms with van der Waals surface area (Å²) in [5.74, 6) is -0.120. The second kappa shape index (κ2) is 11.1. The highest BCUT2D eigenvalue weighted by Gasteiger charge is 2.25. The van der Waals surface area contributed by atoms with Gasteiger partial charge >= 0.3 is 0 Å². The van der Waals surface area contributed by atoms with Crippen molar-refractivity contribution >= 4 is 33.9 Å². The number of amides is 2. The lowest BCUT2D eigenvalue weighted by molar-refractivity contribution is -0.130. The summed E-state index contributed by atoms with van der Waals surface area (Å²) in [6.07, 6.45) is 6.41. The molecule has 0 radical (unpaired) electrons. The average Bonchev–Trinajstić information content (AvgIpc) is 3.33. The maximum atomic E-state index is 14.2. The molecule has 1 saturated heterocycles. The van der Waals surface area contributed by atoms with E-state index in [9.17, 15) is 18.5 Å². The van der Waals surface area contributed by atoms with Gasteiger partial charge in [0.15, 0.2) is 4.90 Å². The highest BCUT2D eigenvalue weighted by Crippen LogP contribution is 2.29. The van der Waals surface area contributed by atoms with E-state index < -0.39 is 11.2 Å². The summed E-state index contributed by atoms with van der Waals surface area (Å²) in [7, 11) is 3.46. The molecule has 0 aliphatic carbocycles. The summed E-state index contributed by atoms with van der Waals surface area (Å²) < 4.78 is 28.4. The van der Waals surface area contributed by atoms with Gasteiger partial charge in [-0.2, -0.15) is 0 Å². The lowest BCUT2D eigenvalue weighted by Crippen LogP contribution is -2.51. The molecule has 1 fully saturated rings. The topological polar surface area (TPSA) is 97.6 Å². The minimum Gasteiger partial charge on any atom is -0.612 e. The van der Waals surface area contributed by atoms with Crippen LogP contribution in [0.15, 0.2) is 66.0 Å². The third-order valence-electron chi connectivity index (χ3n) is 6.88. The molecular weight excluding hydrogens is 519 g/mol. The first kappa shape index (κ1) is 26.8. The van der Waals surface area contributed by atoms with Crippen LogP contribution in [0, 0.1) is 5.82 Å². The van der Waals surface area contributed by atoms with Crippen molar-refractivity contribution in [1.29, 1.82) is 0 Å². The number of hydrogen-bond donors (Lipinski definition) is 0. The monoisotopic (exact) mass is 548 g/mol. The molecule has 39 heavy (non-hydrogen) atoms. The second-order valence-electron chi connectivity index (χ2n) is 9.66. The SMILES string of the molecule is CN(C)C(=O)CN1CCN(C(=O)c2ccc3c([S+](C)[O-])cn(-c4ncc(-c5ccccc5F)cn4)c3c2)CC1. The quantitative estimate of drug-likeness (QED) is 0.344. The highest BCUT2D eigenvalue weighted by molar-refractivity contribution is 7.91. The van der Waals surface area contributed by atoms with E-state index in [-0.39, 0.29) is 17.6 Å². The van der Waals surface area contributed by atoms with Gasteiger partial charge in [-0.3, -0.25) is 19.1 Å². The molecule has 4 aromatic rings. The van der Waals surface area contributed by atoms with Crippen LogP contribution >= 0.6 is 0 Å². The summed E-state index contributed by atoms with van der Waals surface area (Å²) in [4.78, 5) is 40.3. The van der Waals surface area contributed by atoms with Crippen LogP contribution in [0.4, 0.5) is 4.39 Å². The number of halogens is 1. The fourth-order valence-electron chi connectivity index (χ4n) is 4.63. The Balaban J connectivity index is 1.42. The van der Waals surface area contributed by atoms with Gasteiger partial charge in [0.1, 0.15) is 12.1 Å². The number of hydrogen-bond acceptors (Lipinski definition) is 6. The van der Waals surface area contributed by atoms with E-state index in [1.165, 1.54) is 6.07 Å². The minimum atomic E-state index is -1.29. The Morgan fingerprint density at radius 2 is 1.74 bits per heavy atom. The predicted octanol–water partition coefficient (Wildman–Crippen LogP) is 2.81. The number of fused-ring (bicyclic) bond motifs is 1. The van der Waals surface area contributed by atoms with Crippen molar-refractivity contribution in [2.75, 3.05) is 53.1 Å². The molecule has 2 amide bonds. The molecule has 11 heteroatoms. The number of nitrogens with zero attached hydrogens (tertiary/aromatic N) is 6. The van der Waals surface area contributed by atoms with Crippen LogP contribution in [0.25, 0.3) is 28.0 Å². The smallest absolute Gasteiger partial charge is 0.254 e. The largest absolute Gasteiger partial charge is 0.612 e. The lowest BCUT2D eigenvalue weighted by Gasteiger charge is -2.34. The number of piperazine rings is 1. The number of carbonyl (C=O) groups excluding carboxylic acids is 2. The number of benzene rings is 2. The number of carbonyl (C=O) groups is 2. The molecule has 0 N–H and O–H groups in total. The molecule has 3 heterocycles. The molecule has 0 spiro atoms. The molecule has 0 bridgehead atoms. The van der Waals surface area contributed by atoms with Crippen LogP contribution in [0.1, 0.15) is 10.4 Å². The van der Waals surface area contributed by atoms with Crippen molar-refractivity contribution in [2.24, 2.45) is 0 Å². The summed E-state index contributed by atoms with van der Waals surface area (Å²) in [5.41, 5.74) is 2.08. The Hall–Kier alpha value is -3.80. The van der Waals surface area contributed by atoms with Gasteiger partial charge in [-0.25, -0.2) is 14.4 Å². The fourth-order valence-corrected chi connectivity index (χ4v) is 5.36. The van der Waals surface area contributed by atoms with E-state index in [4.69, 9.17) is 0 Å². The summed E-state index contributed by atoms with van der Waals surface area (Å²) in [6, 6.07) is 11.7. The Bertz CT molecular complexity index is 1510. The average molecular weight is 549 g/mol. The predicted molar refractivity (Wildman–Crippen MR) is 148 cm³/mol. The highest BCUT2D eigenvalue weighted by atomic mass is 32.2. The summed E-state index contributed by atoms with van der Waals surface area (Å²) >= 11 is -1.29. The zero-order chi connectivity index (χ0) is 27.7. The van der Waals surface area contributed by atoms with Crippen LogP contribution in [0.2, 0.25) is 0 Å². The van der Waals surface area contributed by atoms with Gasteiger partial charge in [-0.15, -0.1) is 0 Å². The van der Waals surface area contributed by atoms with Gasteiger partial charge in [0.05, 0.1) is 23.6 Å². The standard InChI is InChI=1S/C28H29FN6O3S/c1-32(2)26(36)18-33-10-12-34(13-11-33)27(37)19-8-9-22-24(14-19)35(17-25(22)39(3)38)28-30-15-20(16-31-28)21-6-4-5-7-23(21)29/h4-9,14-17H,10-13,18H2,1-3H3. The van der Waals surface area contributed by atoms with Crippen molar-refractivity contribution in [3.05, 3.63) is 72.4 Å². The van der Waals surface area contributed by atoms with Gasteiger partial charge < -0.3 is 14.4 Å². The number of likely N-dealkylation sites (N-methyl/N-ethyl adjacent to an activating group) is 1.